The van der Waals surface area contributed by atoms with Crippen molar-refractivity contribution in [1.29, 1.82) is 0 Å². The van der Waals surface area contributed by atoms with Crippen molar-refractivity contribution in [2.45, 2.75) is 17.4 Å². The van der Waals surface area contributed by atoms with Crippen LogP contribution in [-0.2, 0) is 13.5 Å². The van der Waals surface area contributed by atoms with Gasteiger partial charge >= 0.3 is 0 Å². The van der Waals surface area contributed by atoms with Gasteiger partial charge in [-0.3, -0.25) is 16.0 Å². The van der Waals surface area contributed by atoms with Gasteiger partial charge in [0.15, 0.2) is 0 Å². The first-order valence-electron chi connectivity index (χ1n) is 5.87. The molecular formula is C12H16BrN5S. The second-order valence-corrected chi connectivity index (χ2v) is 6.03. The second-order valence-electron chi connectivity index (χ2n) is 4.11. The number of hydrazine groups is 1. The van der Waals surface area contributed by atoms with E-state index in [1.165, 1.54) is 4.90 Å². The fraction of sp³-hybridized carbons (Fsp3) is 0.333. The molecule has 7 heteroatoms. The van der Waals surface area contributed by atoms with Gasteiger partial charge in [-0.1, -0.05) is 12.1 Å². The first-order valence-corrected chi connectivity index (χ1v) is 7.65. The molecule has 5 nitrogen and oxygen atoms in total. The molecule has 0 amide bonds. The summed E-state index contributed by atoms with van der Waals surface area (Å²) in [5.74, 6) is 7.40. The van der Waals surface area contributed by atoms with Crippen molar-refractivity contribution < 1.29 is 0 Å². The Hall–Kier alpha value is -0.890. The standard InChI is InChI=1S/C12H16BrN5S/c1-18-12(15-8-16-18)6-9(17-14)7-19-11-5-3-2-4-10(11)13/h2-5,8-9,17H,6-7,14H2,1H3. The van der Waals surface area contributed by atoms with E-state index >= 15 is 0 Å². The monoisotopic (exact) mass is 341 g/mol. The average molecular weight is 342 g/mol. The lowest BCUT2D eigenvalue weighted by molar-refractivity contribution is 0.544. The Morgan fingerprint density at radius 3 is 2.89 bits per heavy atom. The lowest BCUT2D eigenvalue weighted by Crippen LogP contribution is -2.39. The topological polar surface area (TPSA) is 68.8 Å². The summed E-state index contributed by atoms with van der Waals surface area (Å²) in [4.78, 5) is 5.42. The summed E-state index contributed by atoms with van der Waals surface area (Å²) in [5.41, 5.74) is 2.84. The normalized spacial score (nSPS) is 12.6. The SMILES string of the molecule is Cn1ncnc1CC(CSc1ccccc1Br)NN. The van der Waals surface area contributed by atoms with E-state index in [4.69, 9.17) is 5.84 Å². The van der Waals surface area contributed by atoms with E-state index in [0.717, 1.165) is 22.5 Å². The fourth-order valence-electron chi connectivity index (χ4n) is 1.64. The van der Waals surface area contributed by atoms with Gasteiger partial charge in [0.1, 0.15) is 12.2 Å². The highest BCUT2D eigenvalue weighted by molar-refractivity contribution is 9.10. The highest BCUT2D eigenvalue weighted by Gasteiger charge is 2.12. The predicted octanol–water partition coefficient (Wildman–Crippen LogP) is 1.74. The van der Waals surface area contributed by atoms with E-state index in [9.17, 15) is 0 Å². The number of hydrogen-bond acceptors (Lipinski definition) is 5. The van der Waals surface area contributed by atoms with Crippen LogP contribution < -0.4 is 11.3 Å². The predicted molar refractivity (Wildman–Crippen MR) is 80.7 cm³/mol. The highest BCUT2D eigenvalue weighted by Crippen LogP contribution is 2.27. The van der Waals surface area contributed by atoms with Gasteiger partial charge in [0.05, 0.1) is 0 Å². The summed E-state index contributed by atoms with van der Waals surface area (Å²) in [6, 6.07) is 8.31. The van der Waals surface area contributed by atoms with Crippen LogP contribution in [0.15, 0.2) is 40.0 Å². The zero-order chi connectivity index (χ0) is 13.7. The fourth-order valence-corrected chi connectivity index (χ4v) is 3.25. The summed E-state index contributed by atoms with van der Waals surface area (Å²) in [5, 5.41) is 4.06. The molecule has 2 rings (SSSR count). The van der Waals surface area contributed by atoms with Crippen molar-refractivity contribution in [3.8, 4) is 0 Å². The van der Waals surface area contributed by atoms with Gasteiger partial charge in [-0.25, -0.2) is 4.98 Å². The number of aromatic nitrogens is 3. The average Bonchev–Trinajstić information content (AvgIpc) is 2.81. The van der Waals surface area contributed by atoms with Crippen molar-refractivity contribution in [1.82, 2.24) is 20.2 Å². The highest BCUT2D eigenvalue weighted by atomic mass is 79.9. The Bertz CT molecular complexity index is 530. The molecule has 102 valence electrons. The summed E-state index contributed by atoms with van der Waals surface area (Å²) >= 11 is 5.30. The molecule has 3 N–H and O–H groups in total. The molecule has 0 spiro atoms. The van der Waals surface area contributed by atoms with Crippen LogP contribution in [0, 0.1) is 0 Å². The summed E-state index contributed by atoms with van der Waals surface area (Å²) in [7, 11) is 1.89. The van der Waals surface area contributed by atoms with E-state index in [2.05, 4.69) is 37.5 Å². The molecule has 0 aliphatic rings. The quantitative estimate of drug-likeness (QED) is 0.476. The van der Waals surface area contributed by atoms with Gasteiger partial charge in [0.2, 0.25) is 0 Å². The molecule has 0 bridgehead atoms. The molecule has 0 fully saturated rings. The minimum absolute atomic E-state index is 0.153. The molecule has 0 saturated carbocycles. The molecule has 1 heterocycles. The third kappa shape index (κ3) is 4.04. The zero-order valence-electron chi connectivity index (χ0n) is 10.6. The van der Waals surface area contributed by atoms with Crippen LogP contribution in [0.4, 0.5) is 0 Å². The van der Waals surface area contributed by atoms with Crippen molar-refractivity contribution in [2.24, 2.45) is 12.9 Å². The molecule has 2 aromatic rings. The van der Waals surface area contributed by atoms with Crippen LogP contribution >= 0.6 is 27.7 Å². The van der Waals surface area contributed by atoms with E-state index in [1.54, 1.807) is 22.8 Å². The van der Waals surface area contributed by atoms with Gasteiger partial charge < -0.3 is 0 Å². The minimum atomic E-state index is 0.153. The van der Waals surface area contributed by atoms with Crippen molar-refractivity contribution >= 4 is 27.7 Å². The third-order valence-corrected chi connectivity index (χ3v) is 4.94. The zero-order valence-corrected chi connectivity index (χ0v) is 13.0. The maximum atomic E-state index is 5.61. The molecule has 0 aliphatic heterocycles. The lowest BCUT2D eigenvalue weighted by Gasteiger charge is -2.15. The molecule has 1 unspecified atom stereocenters. The molecule has 19 heavy (non-hydrogen) atoms. The third-order valence-electron chi connectivity index (χ3n) is 2.75. The van der Waals surface area contributed by atoms with Crippen molar-refractivity contribution in [2.75, 3.05) is 5.75 Å². The number of nitrogens with zero attached hydrogens (tertiary/aromatic N) is 3. The molecule has 1 aromatic carbocycles. The summed E-state index contributed by atoms with van der Waals surface area (Å²) in [6.45, 7) is 0. The van der Waals surface area contributed by atoms with E-state index in [1.807, 2.05) is 25.2 Å². The Balaban J connectivity index is 1.93. The second kappa shape index (κ2) is 7.04. The lowest BCUT2D eigenvalue weighted by atomic mass is 10.2. The molecular weight excluding hydrogens is 326 g/mol. The molecule has 1 aromatic heterocycles. The van der Waals surface area contributed by atoms with Gasteiger partial charge in [-0.05, 0) is 28.1 Å². The van der Waals surface area contributed by atoms with Gasteiger partial charge in [0.25, 0.3) is 0 Å². The number of nitrogens with two attached hydrogens (primary N) is 1. The number of rotatable bonds is 6. The van der Waals surface area contributed by atoms with Crippen LogP contribution in [0.2, 0.25) is 0 Å². The maximum Gasteiger partial charge on any atom is 0.138 e. The van der Waals surface area contributed by atoms with Gasteiger partial charge in [0, 0.05) is 34.6 Å². The Kier molecular flexibility index (Phi) is 5.38. The smallest absolute Gasteiger partial charge is 0.138 e. The minimum Gasteiger partial charge on any atom is -0.271 e. The first-order chi connectivity index (χ1) is 9.20. The Morgan fingerprint density at radius 2 is 2.26 bits per heavy atom. The van der Waals surface area contributed by atoms with Crippen LogP contribution in [-0.4, -0.2) is 26.6 Å². The Labute approximate surface area is 125 Å². The van der Waals surface area contributed by atoms with Gasteiger partial charge in [-0.15, -0.1) is 11.8 Å². The molecule has 1 atom stereocenters. The number of nitrogens with one attached hydrogen (secondary N) is 1. The van der Waals surface area contributed by atoms with Crippen LogP contribution in [0.1, 0.15) is 5.82 Å². The van der Waals surface area contributed by atoms with Crippen LogP contribution in [0.25, 0.3) is 0 Å². The van der Waals surface area contributed by atoms with Crippen molar-refractivity contribution in [3.63, 3.8) is 0 Å². The van der Waals surface area contributed by atoms with Crippen LogP contribution in [0.3, 0.4) is 0 Å². The summed E-state index contributed by atoms with van der Waals surface area (Å²) in [6.07, 6.45) is 2.31. The first kappa shape index (κ1) is 14.5. The molecule has 0 radical (unpaired) electrons. The number of benzene rings is 1. The van der Waals surface area contributed by atoms with Crippen LogP contribution in [0.5, 0.6) is 0 Å². The van der Waals surface area contributed by atoms with E-state index in [0.29, 0.717) is 0 Å². The summed E-state index contributed by atoms with van der Waals surface area (Å²) < 4.78 is 2.88. The molecule has 0 aliphatic carbocycles. The Morgan fingerprint density at radius 1 is 1.47 bits per heavy atom. The largest absolute Gasteiger partial charge is 0.271 e. The number of thioether (sulfide) groups is 1. The maximum absolute atomic E-state index is 5.61. The van der Waals surface area contributed by atoms with Gasteiger partial charge in [-0.2, -0.15) is 5.10 Å². The number of halogens is 1. The number of aryl methyl sites for hydroxylation is 1. The van der Waals surface area contributed by atoms with Crippen molar-refractivity contribution in [3.05, 3.63) is 40.9 Å². The van der Waals surface area contributed by atoms with E-state index in [-0.39, 0.29) is 6.04 Å². The molecule has 0 saturated heterocycles. The number of hydrogen-bond donors (Lipinski definition) is 2. The van der Waals surface area contributed by atoms with E-state index < -0.39 is 0 Å².